The van der Waals surface area contributed by atoms with Crippen molar-refractivity contribution in [3.8, 4) is 0 Å². The fourth-order valence-corrected chi connectivity index (χ4v) is 4.40. The Bertz CT molecular complexity index is 575. The van der Waals surface area contributed by atoms with Crippen LogP contribution in [0.2, 0.25) is 0 Å². The molecule has 138 valence electrons. The lowest BCUT2D eigenvalue weighted by molar-refractivity contribution is 0.120. The number of piperazine rings is 1. The van der Waals surface area contributed by atoms with Gasteiger partial charge in [-0.1, -0.05) is 20.3 Å². The summed E-state index contributed by atoms with van der Waals surface area (Å²) in [6.45, 7) is 12.6. The molecule has 0 bridgehead atoms. The highest BCUT2D eigenvalue weighted by molar-refractivity contribution is 5.34. The Morgan fingerprint density at radius 3 is 2.48 bits per heavy atom. The van der Waals surface area contributed by atoms with Crippen molar-refractivity contribution in [3.05, 3.63) is 17.5 Å². The molecule has 25 heavy (non-hydrogen) atoms. The SMILES string of the molecule is CC(C)CN1CCc2cnc(N3CCN(C4CCC4)CC3)nc2CC1. The van der Waals surface area contributed by atoms with Gasteiger partial charge in [-0.3, -0.25) is 4.90 Å². The molecule has 0 unspecified atom stereocenters. The molecule has 1 saturated heterocycles. The van der Waals surface area contributed by atoms with E-state index in [0.29, 0.717) is 0 Å². The van der Waals surface area contributed by atoms with Gasteiger partial charge in [-0.25, -0.2) is 9.97 Å². The van der Waals surface area contributed by atoms with Crippen molar-refractivity contribution in [1.82, 2.24) is 19.8 Å². The Kier molecular flexibility index (Phi) is 5.23. The Labute approximate surface area is 152 Å². The maximum absolute atomic E-state index is 4.98. The molecule has 0 aromatic carbocycles. The topological polar surface area (TPSA) is 35.5 Å². The molecule has 1 aromatic heterocycles. The lowest BCUT2D eigenvalue weighted by Crippen LogP contribution is -2.52. The summed E-state index contributed by atoms with van der Waals surface area (Å²) in [7, 11) is 0. The molecule has 0 radical (unpaired) electrons. The van der Waals surface area contributed by atoms with Crippen molar-refractivity contribution in [2.24, 2.45) is 5.92 Å². The van der Waals surface area contributed by atoms with Gasteiger partial charge in [0.2, 0.25) is 5.95 Å². The minimum absolute atomic E-state index is 0.731. The van der Waals surface area contributed by atoms with E-state index < -0.39 is 0 Å². The molecule has 2 fully saturated rings. The van der Waals surface area contributed by atoms with E-state index in [1.54, 1.807) is 0 Å². The Morgan fingerprint density at radius 2 is 1.80 bits per heavy atom. The molecule has 0 atom stereocenters. The van der Waals surface area contributed by atoms with Gasteiger partial charge in [0, 0.05) is 64.5 Å². The molecule has 1 saturated carbocycles. The Hall–Kier alpha value is -1.20. The minimum atomic E-state index is 0.731. The van der Waals surface area contributed by atoms with Crippen LogP contribution in [-0.2, 0) is 12.8 Å². The number of fused-ring (bicyclic) bond motifs is 1. The van der Waals surface area contributed by atoms with Gasteiger partial charge < -0.3 is 9.80 Å². The van der Waals surface area contributed by atoms with E-state index in [9.17, 15) is 0 Å². The number of nitrogens with zero attached hydrogens (tertiary/aromatic N) is 5. The van der Waals surface area contributed by atoms with Crippen LogP contribution in [-0.4, -0.2) is 71.6 Å². The third kappa shape index (κ3) is 3.98. The molecule has 2 aliphatic heterocycles. The van der Waals surface area contributed by atoms with Gasteiger partial charge >= 0.3 is 0 Å². The zero-order valence-electron chi connectivity index (χ0n) is 16.0. The van der Waals surface area contributed by atoms with Crippen LogP contribution in [0, 0.1) is 5.92 Å². The second kappa shape index (κ2) is 7.58. The van der Waals surface area contributed by atoms with Gasteiger partial charge in [0.05, 0.1) is 5.69 Å². The molecule has 0 amide bonds. The van der Waals surface area contributed by atoms with Gasteiger partial charge in [0.1, 0.15) is 0 Å². The fourth-order valence-electron chi connectivity index (χ4n) is 4.40. The van der Waals surface area contributed by atoms with Crippen LogP contribution in [0.1, 0.15) is 44.4 Å². The second-order valence-corrected chi connectivity index (χ2v) is 8.44. The van der Waals surface area contributed by atoms with Crippen LogP contribution in [0.25, 0.3) is 0 Å². The van der Waals surface area contributed by atoms with E-state index >= 15 is 0 Å². The fraction of sp³-hybridized carbons (Fsp3) is 0.800. The van der Waals surface area contributed by atoms with Crippen molar-refractivity contribution in [2.45, 2.75) is 52.0 Å². The van der Waals surface area contributed by atoms with Gasteiger partial charge in [0.15, 0.2) is 0 Å². The second-order valence-electron chi connectivity index (χ2n) is 8.44. The van der Waals surface area contributed by atoms with E-state index in [-0.39, 0.29) is 0 Å². The highest BCUT2D eigenvalue weighted by Crippen LogP contribution is 2.26. The van der Waals surface area contributed by atoms with Crippen molar-refractivity contribution < 1.29 is 0 Å². The lowest BCUT2D eigenvalue weighted by atomic mass is 9.91. The molecule has 0 spiro atoms. The maximum atomic E-state index is 4.98. The van der Waals surface area contributed by atoms with Crippen LogP contribution < -0.4 is 4.90 Å². The molecular weight excluding hydrogens is 310 g/mol. The van der Waals surface area contributed by atoms with Gasteiger partial charge in [0.25, 0.3) is 0 Å². The molecule has 1 aromatic rings. The first kappa shape index (κ1) is 17.2. The van der Waals surface area contributed by atoms with Crippen molar-refractivity contribution in [2.75, 3.05) is 50.7 Å². The van der Waals surface area contributed by atoms with Crippen molar-refractivity contribution >= 4 is 5.95 Å². The van der Waals surface area contributed by atoms with Crippen LogP contribution in [0.15, 0.2) is 6.20 Å². The average Bonchev–Trinajstić information content (AvgIpc) is 2.76. The predicted octanol–water partition coefficient (Wildman–Crippen LogP) is 2.21. The van der Waals surface area contributed by atoms with Crippen LogP contribution in [0.4, 0.5) is 5.95 Å². The van der Waals surface area contributed by atoms with Crippen LogP contribution in [0.5, 0.6) is 0 Å². The predicted molar refractivity (Wildman–Crippen MR) is 102 cm³/mol. The van der Waals surface area contributed by atoms with Crippen molar-refractivity contribution in [1.29, 1.82) is 0 Å². The van der Waals surface area contributed by atoms with E-state index in [0.717, 1.165) is 56.9 Å². The molecule has 5 nitrogen and oxygen atoms in total. The molecule has 1 aliphatic carbocycles. The van der Waals surface area contributed by atoms with E-state index in [2.05, 4.69) is 34.7 Å². The largest absolute Gasteiger partial charge is 0.338 e. The smallest absolute Gasteiger partial charge is 0.225 e. The molecule has 3 aliphatic rings. The summed E-state index contributed by atoms with van der Waals surface area (Å²) < 4.78 is 0. The first-order valence-electron chi connectivity index (χ1n) is 10.2. The van der Waals surface area contributed by atoms with Crippen LogP contribution in [0.3, 0.4) is 0 Å². The normalized spacial score (nSPS) is 23.4. The van der Waals surface area contributed by atoms with Gasteiger partial charge in [-0.15, -0.1) is 0 Å². The summed E-state index contributed by atoms with van der Waals surface area (Å²) >= 11 is 0. The summed E-state index contributed by atoms with van der Waals surface area (Å²) in [5.74, 6) is 1.69. The number of hydrogen-bond acceptors (Lipinski definition) is 5. The van der Waals surface area contributed by atoms with E-state index in [4.69, 9.17) is 9.97 Å². The first-order chi connectivity index (χ1) is 12.2. The number of aromatic nitrogens is 2. The van der Waals surface area contributed by atoms with Crippen molar-refractivity contribution in [3.63, 3.8) is 0 Å². The highest BCUT2D eigenvalue weighted by atomic mass is 15.3. The zero-order valence-corrected chi connectivity index (χ0v) is 16.0. The number of hydrogen-bond donors (Lipinski definition) is 0. The van der Waals surface area contributed by atoms with E-state index in [1.165, 1.54) is 50.2 Å². The summed E-state index contributed by atoms with van der Waals surface area (Å²) in [4.78, 5) is 17.4. The lowest BCUT2D eigenvalue weighted by Gasteiger charge is -2.43. The summed E-state index contributed by atoms with van der Waals surface area (Å²) in [6.07, 6.45) is 8.50. The third-order valence-electron chi connectivity index (χ3n) is 6.12. The number of anilines is 1. The Balaban J connectivity index is 1.38. The minimum Gasteiger partial charge on any atom is -0.338 e. The summed E-state index contributed by atoms with van der Waals surface area (Å²) in [6, 6.07) is 0.863. The third-order valence-corrected chi connectivity index (χ3v) is 6.12. The number of rotatable bonds is 4. The molecule has 3 heterocycles. The monoisotopic (exact) mass is 343 g/mol. The quantitative estimate of drug-likeness (QED) is 0.838. The molecule has 5 heteroatoms. The standard InChI is InChI=1S/C20H33N5/c1-16(2)15-23-8-6-17-14-21-20(22-19(17)7-9-23)25-12-10-24(11-13-25)18-4-3-5-18/h14,16,18H,3-13,15H2,1-2H3. The molecular formula is C20H33N5. The zero-order chi connectivity index (χ0) is 17.2. The van der Waals surface area contributed by atoms with Crippen LogP contribution >= 0.6 is 0 Å². The van der Waals surface area contributed by atoms with Gasteiger partial charge in [-0.2, -0.15) is 0 Å². The van der Waals surface area contributed by atoms with Gasteiger partial charge in [-0.05, 0) is 30.7 Å². The maximum Gasteiger partial charge on any atom is 0.225 e. The highest BCUT2D eigenvalue weighted by Gasteiger charge is 2.29. The molecule has 4 rings (SSSR count). The Morgan fingerprint density at radius 1 is 1.04 bits per heavy atom. The summed E-state index contributed by atoms with van der Waals surface area (Å²) in [5, 5.41) is 0. The molecule has 0 N–H and O–H groups in total. The van der Waals surface area contributed by atoms with E-state index in [1.807, 2.05) is 0 Å². The average molecular weight is 344 g/mol. The summed E-state index contributed by atoms with van der Waals surface area (Å²) in [5.41, 5.74) is 2.65. The first-order valence-corrected chi connectivity index (χ1v) is 10.2.